The molecule has 3 aromatic heterocycles. The molecule has 3 N–H and O–H groups in total. The number of aromatic nitrogens is 7. The van der Waals surface area contributed by atoms with E-state index in [1.807, 2.05) is 47.3 Å². The number of hydrazone groups is 1. The number of benzene rings is 2. The third kappa shape index (κ3) is 6.66. The van der Waals surface area contributed by atoms with Gasteiger partial charge in [-0.15, -0.1) is 5.10 Å². The third-order valence-corrected chi connectivity index (χ3v) is 7.79. The molecular weight excluding hydrogens is 638 g/mol. The van der Waals surface area contributed by atoms with Gasteiger partial charge >= 0.3 is 0 Å². The zero-order valence-corrected chi connectivity index (χ0v) is 25.2. The standard InChI is InChI=1S/C28H27BrClN11O2/c29-21-8-4-18(5-9-21)15-40-16-20(24(35-40)19-6-10-22(30)11-7-19)14-32-34-28(42)25-23(17-39-12-2-1-3-13-39)33-38-41(25)27-26(31)36-43-37-27/h4-11,14,16H,1-3,12-13,15,17H2,(H2,31,36)(H,34,42)/b32-14-. The molecule has 0 spiro atoms. The minimum absolute atomic E-state index is 0.0160. The quantitative estimate of drug-likeness (QED) is 0.173. The highest BCUT2D eigenvalue weighted by Gasteiger charge is 2.26. The van der Waals surface area contributed by atoms with E-state index in [-0.39, 0.29) is 17.3 Å². The van der Waals surface area contributed by atoms with Crippen LogP contribution >= 0.6 is 27.5 Å². The summed E-state index contributed by atoms with van der Waals surface area (Å²) in [6.07, 6.45) is 6.79. The molecule has 220 valence electrons. The van der Waals surface area contributed by atoms with Gasteiger partial charge in [-0.05, 0) is 66.1 Å². The molecule has 0 atom stereocenters. The molecule has 13 nitrogen and oxygen atoms in total. The van der Waals surface area contributed by atoms with Crippen molar-refractivity contribution >= 4 is 45.5 Å². The summed E-state index contributed by atoms with van der Waals surface area (Å²) in [6.45, 7) is 2.82. The number of anilines is 1. The Morgan fingerprint density at radius 2 is 1.84 bits per heavy atom. The number of halogens is 2. The average Bonchev–Trinajstić information content (AvgIpc) is 3.73. The van der Waals surface area contributed by atoms with Crippen molar-refractivity contribution in [1.29, 1.82) is 0 Å². The Morgan fingerprint density at radius 3 is 2.56 bits per heavy atom. The molecule has 1 aliphatic heterocycles. The molecule has 6 rings (SSSR count). The van der Waals surface area contributed by atoms with Gasteiger partial charge in [0.25, 0.3) is 5.91 Å². The monoisotopic (exact) mass is 663 g/mol. The van der Waals surface area contributed by atoms with Gasteiger partial charge in [0.15, 0.2) is 5.69 Å². The van der Waals surface area contributed by atoms with Crippen LogP contribution < -0.4 is 11.2 Å². The number of nitrogens with two attached hydrogens (primary N) is 1. The van der Waals surface area contributed by atoms with E-state index in [1.165, 1.54) is 11.1 Å². The normalized spacial score (nSPS) is 14.0. The smallest absolute Gasteiger partial charge is 0.292 e. The fourth-order valence-corrected chi connectivity index (χ4v) is 5.29. The van der Waals surface area contributed by atoms with Crippen molar-refractivity contribution in [3.8, 4) is 17.1 Å². The Kier molecular flexibility index (Phi) is 8.58. The van der Waals surface area contributed by atoms with Gasteiger partial charge in [0.2, 0.25) is 11.6 Å². The number of nitrogen functional groups attached to an aromatic ring is 1. The molecule has 0 saturated carbocycles. The summed E-state index contributed by atoms with van der Waals surface area (Å²) in [6, 6.07) is 15.4. The molecule has 0 unspecified atom stereocenters. The number of likely N-dealkylation sites (tertiary alicyclic amines) is 1. The van der Waals surface area contributed by atoms with E-state index < -0.39 is 5.91 Å². The third-order valence-electron chi connectivity index (χ3n) is 7.01. The number of carbonyl (C=O) groups excluding carboxylic acids is 1. The number of rotatable bonds is 9. The van der Waals surface area contributed by atoms with Crippen molar-refractivity contribution in [2.45, 2.75) is 32.4 Å². The molecule has 1 fully saturated rings. The summed E-state index contributed by atoms with van der Waals surface area (Å²) in [5.41, 5.74) is 12.5. The first-order valence-electron chi connectivity index (χ1n) is 13.6. The maximum Gasteiger partial charge on any atom is 0.292 e. The summed E-state index contributed by atoms with van der Waals surface area (Å²) in [7, 11) is 0. The van der Waals surface area contributed by atoms with Crippen LogP contribution in [0.25, 0.3) is 17.1 Å². The van der Waals surface area contributed by atoms with Crippen molar-refractivity contribution in [1.82, 2.24) is 45.4 Å². The zero-order chi connectivity index (χ0) is 29.8. The predicted octanol–water partition coefficient (Wildman–Crippen LogP) is 4.31. The van der Waals surface area contributed by atoms with Crippen LogP contribution in [0.3, 0.4) is 0 Å². The van der Waals surface area contributed by atoms with Crippen LogP contribution in [0.4, 0.5) is 5.82 Å². The molecule has 0 bridgehead atoms. The maximum atomic E-state index is 13.5. The first kappa shape index (κ1) is 28.7. The predicted molar refractivity (Wildman–Crippen MR) is 164 cm³/mol. The van der Waals surface area contributed by atoms with Crippen LogP contribution in [0, 0.1) is 0 Å². The second-order valence-corrected chi connectivity index (χ2v) is 11.4. The van der Waals surface area contributed by atoms with Gasteiger partial charge in [-0.1, -0.05) is 63.4 Å². The topological polar surface area (TPSA) is 158 Å². The number of nitrogens with one attached hydrogen (secondary N) is 1. The van der Waals surface area contributed by atoms with Crippen molar-refractivity contribution < 1.29 is 9.42 Å². The molecule has 0 aliphatic carbocycles. The van der Waals surface area contributed by atoms with Gasteiger partial charge in [0.05, 0.1) is 12.8 Å². The lowest BCUT2D eigenvalue weighted by molar-refractivity contribution is 0.0944. The Labute approximate surface area is 259 Å². The Balaban J connectivity index is 1.27. The van der Waals surface area contributed by atoms with E-state index >= 15 is 0 Å². The summed E-state index contributed by atoms with van der Waals surface area (Å²) in [5, 5.41) is 25.5. The van der Waals surface area contributed by atoms with Crippen molar-refractivity contribution in [3.63, 3.8) is 0 Å². The van der Waals surface area contributed by atoms with Crippen molar-refractivity contribution in [2.24, 2.45) is 5.10 Å². The van der Waals surface area contributed by atoms with Gasteiger partial charge in [0.1, 0.15) is 11.4 Å². The lowest BCUT2D eigenvalue weighted by Gasteiger charge is -2.25. The Hall–Kier alpha value is -4.40. The van der Waals surface area contributed by atoms with E-state index in [9.17, 15) is 4.79 Å². The van der Waals surface area contributed by atoms with Gasteiger partial charge < -0.3 is 5.73 Å². The van der Waals surface area contributed by atoms with Crippen LogP contribution in [-0.2, 0) is 13.1 Å². The summed E-state index contributed by atoms with van der Waals surface area (Å²) in [5.74, 6) is -0.477. The van der Waals surface area contributed by atoms with Gasteiger partial charge in [-0.25, -0.2) is 10.1 Å². The SMILES string of the molecule is Nc1nonc1-n1nnc(CN2CCCCC2)c1C(=O)N/N=C\c1cn(Cc2ccc(Br)cc2)nc1-c1ccc(Cl)cc1. The molecular formula is C28H27BrClN11O2. The first-order chi connectivity index (χ1) is 20.9. The molecule has 2 aromatic carbocycles. The van der Waals surface area contributed by atoms with Crippen molar-refractivity contribution in [2.75, 3.05) is 18.8 Å². The molecule has 5 aromatic rings. The van der Waals surface area contributed by atoms with E-state index in [4.69, 9.17) is 27.1 Å². The van der Waals surface area contributed by atoms with E-state index in [2.05, 4.69) is 52.0 Å². The largest absolute Gasteiger partial charge is 0.378 e. The van der Waals surface area contributed by atoms with Gasteiger partial charge in [0, 0.05) is 33.4 Å². The number of piperidine rings is 1. The zero-order valence-electron chi connectivity index (χ0n) is 22.9. The lowest BCUT2D eigenvalue weighted by Crippen LogP contribution is -2.31. The number of nitrogens with zero attached hydrogens (tertiary/aromatic N) is 9. The number of carbonyl (C=O) groups is 1. The summed E-state index contributed by atoms with van der Waals surface area (Å²) in [4.78, 5) is 15.8. The number of hydrogen-bond donors (Lipinski definition) is 2. The maximum absolute atomic E-state index is 13.5. The number of hydrogen-bond acceptors (Lipinski definition) is 10. The molecule has 43 heavy (non-hydrogen) atoms. The lowest BCUT2D eigenvalue weighted by atomic mass is 10.1. The van der Waals surface area contributed by atoms with Crippen LogP contribution in [0.2, 0.25) is 5.02 Å². The molecule has 1 aliphatic rings. The molecule has 1 amide bonds. The van der Waals surface area contributed by atoms with E-state index in [0.29, 0.717) is 35.1 Å². The summed E-state index contributed by atoms with van der Waals surface area (Å²) < 4.78 is 8.79. The van der Waals surface area contributed by atoms with Crippen LogP contribution in [0.1, 0.15) is 46.6 Å². The van der Waals surface area contributed by atoms with Gasteiger partial charge in [-0.2, -0.15) is 14.9 Å². The second kappa shape index (κ2) is 12.9. The number of amides is 1. The Morgan fingerprint density at radius 1 is 1.07 bits per heavy atom. The average molecular weight is 665 g/mol. The minimum atomic E-state index is -0.536. The van der Waals surface area contributed by atoms with Gasteiger partial charge in [-0.3, -0.25) is 14.4 Å². The van der Waals surface area contributed by atoms with E-state index in [0.717, 1.165) is 41.5 Å². The minimum Gasteiger partial charge on any atom is -0.378 e. The van der Waals surface area contributed by atoms with Crippen LogP contribution in [-0.4, -0.2) is 65.2 Å². The highest BCUT2D eigenvalue weighted by atomic mass is 79.9. The molecule has 4 heterocycles. The Bertz CT molecular complexity index is 1740. The van der Waals surface area contributed by atoms with Crippen LogP contribution in [0.15, 0.2) is 68.9 Å². The van der Waals surface area contributed by atoms with Crippen LogP contribution in [0.5, 0.6) is 0 Å². The fraction of sp³-hybridized carbons (Fsp3) is 0.250. The molecule has 1 saturated heterocycles. The van der Waals surface area contributed by atoms with Crippen molar-refractivity contribution in [3.05, 3.63) is 86.7 Å². The second-order valence-electron chi connectivity index (χ2n) is 10.1. The van der Waals surface area contributed by atoms with E-state index in [1.54, 1.807) is 18.3 Å². The highest BCUT2D eigenvalue weighted by molar-refractivity contribution is 9.10. The highest BCUT2D eigenvalue weighted by Crippen LogP contribution is 2.24. The summed E-state index contributed by atoms with van der Waals surface area (Å²) >= 11 is 9.60. The first-order valence-corrected chi connectivity index (χ1v) is 14.8. The molecule has 15 heteroatoms. The molecule has 0 radical (unpaired) electrons. The fourth-order valence-electron chi connectivity index (χ4n) is 4.90.